The molecule has 1 fully saturated rings. The van der Waals surface area contributed by atoms with Crippen LogP contribution in [0.3, 0.4) is 0 Å². The van der Waals surface area contributed by atoms with E-state index in [1.807, 2.05) is 4.90 Å². The molecule has 0 aromatic carbocycles. The first-order valence-electron chi connectivity index (χ1n) is 6.97. The number of hydrogen-bond acceptors (Lipinski definition) is 5. The standard InChI is InChI=1S/C13H18F3N3O3S/c1-10(13(14,15)16)23(20,21)18(2)11-3-4-12(17-9-11)19-5-7-22-8-6-19/h3-4,9-10H,5-8H2,1-2H3/t10-/m1/s1. The molecule has 0 spiro atoms. The fourth-order valence-corrected chi connectivity index (χ4v) is 3.31. The van der Waals surface area contributed by atoms with Gasteiger partial charge in [0.05, 0.1) is 25.1 Å². The summed E-state index contributed by atoms with van der Waals surface area (Å²) in [7, 11) is -3.47. The summed E-state index contributed by atoms with van der Waals surface area (Å²) in [5.74, 6) is 0.631. The molecule has 1 saturated heterocycles. The molecule has 0 amide bonds. The number of alkyl halides is 3. The van der Waals surface area contributed by atoms with Gasteiger partial charge in [-0.25, -0.2) is 13.4 Å². The molecule has 6 nitrogen and oxygen atoms in total. The molecule has 0 radical (unpaired) electrons. The molecule has 10 heteroatoms. The highest BCUT2D eigenvalue weighted by atomic mass is 32.2. The molecule has 0 N–H and O–H groups in total. The Morgan fingerprint density at radius 3 is 2.39 bits per heavy atom. The highest BCUT2D eigenvalue weighted by Gasteiger charge is 2.47. The van der Waals surface area contributed by atoms with Crippen LogP contribution in [0.2, 0.25) is 0 Å². The number of halogens is 3. The van der Waals surface area contributed by atoms with Crippen LogP contribution < -0.4 is 9.21 Å². The van der Waals surface area contributed by atoms with E-state index in [1.165, 1.54) is 12.3 Å². The van der Waals surface area contributed by atoms with Crippen LogP contribution in [0.5, 0.6) is 0 Å². The number of pyridine rings is 1. The summed E-state index contributed by atoms with van der Waals surface area (Å²) in [5, 5.41) is -2.49. The van der Waals surface area contributed by atoms with Crippen LogP contribution in [0.25, 0.3) is 0 Å². The predicted molar refractivity (Wildman–Crippen MR) is 80.1 cm³/mol. The summed E-state index contributed by atoms with van der Waals surface area (Å²) < 4.78 is 67.9. The molecule has 1 aromatic rings. The maximum Gasteiger partial charge on any atom is 0.407 e. The van der Waals surface area contributed by atoms with Crippen molar-refractivity contribution >= 4 is 21.5 Å². The van der Waals surface area contributed by atoms with E-state index in [0.29, 0.717) is 43.4 Å². The van der Waals surface area contributed by atoms with Gasteiger partial charge in [0.25, 0.3) is 0 Å². The van der Waals surface area contributed by atoms with E-state index in [1.54, 1.807) is 6.07 Å². The van der Waals surface area contributed by atoms with Gasteiger partial charge in [0.1, 0.15) is 5.82 Å². The first-order valence-corrected chi connectivity index (χ1v) is 8.47. The first kappa shape index (κ1) is 17.8. The Morgan fingerprint density at radius 1 is 1.30 bits per heavy atom. The Hall–Kier alpha value is -1.55. The van der Waals surface area contributed by atoms with Gasteiger partial charge in [-0.15, -0.1) is 0 Å². The lowest BCUT2D eigenvalue weighted by Crippen LogP contribution is -2.42. The van der Waals surface area contributed by atoms with Gasteiger partial charge >= 0.3 is 6.18 Å². The minimum Gasteiger partial charge on any atom is -0.378 e. The van der Waals surface area contributed by atoms with Crippen molar-refractivity contribution in [1.29, 1.82) is 0 Å². The smallest absolute Gasteiger partial charge is 0.378 e. The van der Waals surface area contributed by atoms with Crippen molar-refractivity contribution in [2.75, 3.05) is 42.6 Å². The Balaban J connectivity index is 2.18. The summed E-state index contributed by atoms with van der Waals surface area (Å²) >= 11 is 0. The van der Waals surface area contributed by atoms with E-state index < -0.39 is 21.4 Å². The Bertz CT molecular complexity index is 628. The van der Waals surface area contributed by atoms with Gasteiger partial charge in [0.15, 0.2) is 5.25 Å². The van der Waals surface area contributed by atoms with Crippen LogP contribution in [0.4, 0.5) is 24.7 Å². The quantitative estimate of drug-likeness (QED) is 0.823. The lowest BCUT2D eigenvalue weighted by atomic mass is 10.3. The second-order valence-electron chi connectivity index (χ2n) is 5.17. The lowest BCUT2D eigenvalue weighted by molar-refractivity contribution is -0.126. The third-order valence-corrected chi connectivity index (χ3v) is 5.86. The molecule has 23 heavy (non-hydrogen) atoms. The van der Waals surface area contributed by atoms with Crippen LogP contribution >= 0.6 is 0 Å². The van der Waals surface area contributed by atoms with Gasteiger partial charge < -0.3 is 9.64 Å². The SMILES string of the molecule is C[C@H](C(F)(F)F)S(=O)(=O)N(C)c1ccc(N2CCOCC2)nc1. The third kappa shape index (κ3) is 3.86. The number of nitrogens with zero attached hydrogens (tertiary/aromatic N) is 3. The maximum atomic E-state index is 12.7. The second-order valence-corrected chi connectivity index (χ2v) is 7.46. The van der Waals surface area contributed by atoms with E-state index in [0.717, 1.165) is 7.05 Å². The van der Waals surface area contributed by atoms with Gasteiger partial charge in [0.2, 0.25) is 10.0 Å². The van der Waals surface area contributed by atoms with Gasteiger partial charge in [-0.1, -0.05) is 0 Å². The van der Waals surface area contributed by atoms with Crippen LogP contribution in [0.15, 0.2) is 18.3 Å². The normalized spacial score (nSPS) is 17.9. The number of morpholine rings is 1. The minimum atomic E-state index is -4.83. The summed E-state index contributed by atoms with van der Waals surface area (Å²) in [5.41, 5.74) is 0.0816. The number of aromatic nitrogens is 1. The van der Waals surface area contributed by atoms with Crippen molar-refractivity contribution in [1.82, 2.24) is 4.98 Å². The first-order chi connectivity index (χ1) is 10.6. The molecule has 130 valence electrons. The zero-order valence-electron chi connectivity index (χ0n) is 12.7. The van der Waals surface area contributed by atoms with Crippen LogP contribution in [0.1, 0.15) is 6.92 Å². The molecule has 0 saturated carbocycles. The molecule has 2 rings (SSSR count). The van der Waals surface area contributed by atoms with Crippen LogP contribution in [0, 0.1) is 0 Å². The van der Waals surface area contributed by atoms with E-state index >= 15 is 0 Å². The van der Waals surface area contributed by atoms with Crippen molar-refractivity contribution < 1.29 is 26.3 Å². The van der Waals surface area contributed by atoms with Crippen LogP contribution in [-0.4, -0.2) is 58.2 Å². The Morgan fingerprint density at radius 2 is 1.91 bits per heavy atom. The number of hydrogen-bond donors (Lipinski definition) is 0. The van der Waals surface area contributed by atoms with Gasteiger partial charge in [-0.2, -0.15) is 13.2 Å². The number of sulfonamides is 1. The van der Waals surface area contributed by atoms with E-state index in [-0.39, 0.29) is 5.69 Å². The molecule has 1 aliphatic rings. The predicted octanol–water partition coefficient (Wildman–Crippen LogP) is 1.64. The monoisotopic (exact) mass is 353 g/mol. The molecule has 1 aromatic heterocycles. The van der Waals surface area contributed by atoms with Crippen molar-refractivity contribution in [3.8, 4) is 0 Å². The largest absolute Gasteiger partial charge is 0.407 e. The van der Waals surface area contributed by atoms with E-state index in [4.69, 9.17) is 4.74 Å². The maximum absolute atomic E-state index is 12.7. The molecular weight excluding hydrogens is 335 g/mol. The summed E-state index contributed by atoms with van der Waals surface area (Å²) in [6, 6.07) is 3.03. The average molecular weight is 353 g/mol. The summed E-state index contributed by atoms with van der Waals surface area (Å²) in [6.07, 6.45) is -3.57. The highest BCUT2D eigenvalue weighted by molar-refractivity contribution is 7.93. The van der Waals surface area contributed by atoms with Gasteiger partial charge in [0, 0.05) is 20.1 Å². The minimum absolute atomic E-state index is 0.0816. The topological polar surface area (TPSA) is 62.7 Å². The highest BCUT2D eigenvalue weighted by Crippen LogP contribution is 2.29. The summed E-state index contributed by atoms with van der Waals surface area (Å²) in [4.78, 5) is 6.10. The van der Waals surface area contributed by atoms with E-state index in [9.17, 15) is 21.6 Å². The third-order valence-electron chi connectivity index (χ3n) is 3.72. The molecule has 0 unspecified atom stereocenters. The fraction of sp³-hybridized carbons (Fsp3) is 0.615. The molecule has 1 aliphatic heterocycles. The van der Waals surface area contributed by atoms with Crippen molar-refractivity contribution in [3.05, 3.63) is 18.3 Å². The Labute approximate surface area is 132 Å². The van der Waals surface area contributed by atoms with Crippen molar-refractivity contribution in [2.45, 2.75) is 18.3 Å². The Kier molecular flexibility index (Phi) is 5.04. The number of rotatable bonds is 4. The van der Waals surface area contributed by atoms with E-state index in [2.05, 4.69) is 4.98 Å². The fourth-order valence-electron chi connectivity index (χ4n) is 2.10. The van der Waals surface area contributed by atoms with Gasteiger partial charge in [-0.05, 0) is 19.1 Å². The molecule has 2 heterocycles. The zero-order chi connectivity index (χ0) is 17.3. The second kappa shape index (κ2) is 6.52. The number of ether oxygens (including phenoxy) is 1. The van der Waals surface area contributed by atoms with Crippen molar-refractivity contribution in [2.24, 2.45) is 0 Å². The molecular formula is C13H18F3N3O3S. The van der Waals surface area contributed by atoms with Crippen molar-refractivity contribution in [3.63, 3.8) is 0 Å². The molecule has 1 atom stereocenters. The molecule has 0 aliphatic carbocycles. The van der Waals surface area contributed by atoms with Crippen LogP contribution in [-0.2, 0) is 14.8 Å². The summed E-state index contributed by atoms with van der Waals surface area (Å²) in [6.45, 7) is 3.08. The average Bonchev–Trinajstić information content (AvgIpc) is 2.53. The molecule has 0 bridgehead atoms. The van der Waals surface area contributed by atoms with Gasteiger partial charge in [-0.3, -0.25) is 4.31 Å². The zero-order valence-corrected chi connectivity index (χ0v) is 13.6. The lowest BCUT2D eigenvalue weighted by Gasteiger charge is -2.28. The number of anilines is 2.